The quantitative estimate of drug-likeness (QED) is 0.175. The lowest BCUT2D eigenvalue weighted by molar-refractivity contribution is -0.382. The van der Waals surface area contributed by atoms with Crippen LogP contribution in [-0.4, -0.2) is 29.6 Å². The number of anilines is 1. The predicted octanol–water partition coefficient (Wildman–Crippen LogP) is 3.80. The van der Waals surface area contributed by atoms with Crippen LogP contribution in [0.5, 0.6) is 0 Å². The molecule has 0 fully saturated rings. The van der Waals surface area contributed by atoms with Crippen LogP contribution < -0.4 is 10.5 Å². The number of fused-ring (bicyclic) bond motifs is 1. The summed E-state index contributed by atoms with van der Waals surface area (Å²) in [5.41, 5.74) is -2.32. The molecule has 9 heteroatoms. The van der Waals surface area contributed by atoms with E-state index in [1.54, 1.807) is 43.9 Å². The van der Waals surface area contributed by atoms with E-state index in [0.29, 0.717) is 24.2 Å². The van der Waals surface area contributed by atoms with E-state index in [-0.39, 0.29) is 22.4 Å². The first-order valence-electron chi connectivity index (χ1n) is 9.37. The number of nitro benzene ring substituents is 1. The molecule has 1 aromatic heterocycles. The van der Waals surface area contributed by atoms with Gasteiger partial charge in [-0.25, -0.2) is 9.59 Å². The zero-order chi connectivity index (χ0) is 22.6. The molecule has 9 nitrogen and oxygen atoms in total. The SMILES string of the molecule is CCN(CC)c1ccc2cc(C=C(C#N)C(=O)OC(C)(C)C)c(=O)oc2c1[N+](=O)[O-]. The van der Waals surface area contributed by atoms with Gasteiger partial charge in [0.2, 0.25) is 5.58 Å². The van der Waals surface area contributed by atoms with E-state index in [9.17, 15) is 25.0 Å². The molecule has 0 radical (unpaired) electrons. The fourth-order valence-corrected chi connectivity index (χ4v) is 2.90. The van der Waals surface area contributed by atoms with E-state index in [1.807, 2.05) is 13.8 Å². The Labute approximate surface area is 173 Å². The fourth-order valence-electron chi connectivity index (χ4n) is 2.90. The third-order valence-corrected chi connectivity index (χ3v) is 4.21. The smallest absolute Gasteiger partial charge is 0.349 e. The van der Waals surface area contributed by atoms with Crippen molar-refractivity contribution in [2.24, 2.45) is 0 Å². The Bertz CT molecular complexity index is 1110. The minimum atomic E-state index is -0.904. The molecule has 1 aromatic carbocycles. The van der Waals surface area contributed by atoms with Gasteiger partial charge in [0, 0.05) is 18.5 Å². The van der Waals surface area contributed by atoms with Crippen LogP contribution in [-0.2, 0) is 9.53 Å². The van der Waals surface area contributed by atoms with E-state index in [4.69, 9.17) is 9.15 Å². The summed E-state index contributed by atoms with van der Waals surface area (Å²) in [6.45, 7) is 9.75. The maximum Gasteiger partial charge on any atom is 0.349 e. The summed E-state index contributed by atoms with van der Waals surface area (Å²) in [6, 6.07) is 6.23. The van der Waals surface area contributed by atoms with Gasteiger partial charge in [0.15, 0.2) is 0 Å². The van der Waals surface area contributed by atoms with Crippen molar-refractivity contribution in [2.45, 2.75) is 40.2 Å². The van der Waals surface area contributed by atoms with Gasteiger partial charge in [0.25, 0.3) is 0 Å². The number of hydrogen-bond donors (Lipinski definition) is 0. The van der Waals surface area contributed by atoms with Gasteiger partial charge in [-0.3, -0.25) is 10.1 Å². The first kappa shape index (κ1) is 22.6. The van der Waals surface area contributed by atoms with Crippen LogP contribution in [0.25, 0.3) is 17.0 Å². The average Bonchev–Trinajstić information content (AvgIpc) is 2.65. The molecule has 2 aromatic rings. The highest BCUT2D eigenvalue weighted by atomic mass is 16.6. The Morgan fingerprint density at radius 3 is 2.47 bits per heavy atom. The van der Waals surface area contributed by atoms with Crippen molar-refractivity contribution in [1.29, 1.82) is 5.26 Å². The van der Waals surface area contributed by atoms with Crippen molar-refractivity contribution in [3.05, 3.63) is 49.9 Å². The predicted molar refractivity (Wildman–Crippen MR) is 112 cm³/mol. The Kier molecular flexibility index (Phi) is 6.62. The molecule has 0 spiro atoms. The summed E-state index contributed by atoms with van der Waals surface area (Å²) in [6.07, 6.45) is 1.06. The highest BCUT2D eigenvalue weighted by molar-refractivity contribution is 5.99. The Balaban J connectivity index is 2.67. The van der Waals surface area contributed by atoms with Crippen molar-refractivity contribution in [1.82, 2.24) is 0 Å². The second-order valence-corrected chi connectivity index (χ2v) is 7.44. The fraction of sp³-hybridized carbons (Fsp3) is 0.381. The minimum Gasteiger partial charge on any atom is -0.456 e. The van der Waals surface area contributed by atoms with E-state index in [2.05, 4.69) is 0 Å². The molecule has 2 rings (SSSR count). The number of esters is 1. The molecule has 30 heavy (non-hydrogen) atoms. The molecule has 0 N–H and O–H groups in total. The van der Waals surface area contributed by atoms with Crippen LogP contribution in [0, 0.1) is 21.4 Å². The van der Waals surface area contributed by atoms with Crippen LogP contribution in [0.1, 0.15) is 40.2 Å². The number of rotatable bonds is 6. The number of nitrogens with zero attached hydrogens (tertiary/aromatic N) is 3. The monoisotopic (exact) mass is 413 g/mol. The van der Waals surface area contributed by atoms with Gasteiger partial charge in [-0.2, -0.15) is 5.26 Å². The molecule has 0 aliphatic carbocycles. The molecule has 0 aliphatic rings. The number of ether oxygens (including phenoxy) is 1. The van der Waals surface area contributed by atoms with E-state index in [1.165, 1.54) is 6.07 Å². The molecule has 0 unspecified atom stereocenters. The molecule has 0 atom stereocenters. The topological polar surface area (TPSA) is 127 Å². The zero-order valence-corrected chi connectivity index (χ0v) is 17.5. The van der Waals surface area contributed by atoms with Crippen molar-refractivity contribution >= 4 is 34.4 Å². The van der Waals surface area contributed by atoms with Gasteiger partial charge in [-0.05, 0) is 58.9 Å². The second kappa shape index (κ2) is 8.78. The third kappa shape index (κ3) is 4.84. The number of hydrogen-bond acceptors (Lipinski definition) is 8. The lowest BCUT2D eigenvalue weighted by Gasteiger charge is -2.20. The number of carbonyl (C=O) groups is 1. The molecular formula is C21H23N3O6. The molecule has 0 saturated carbocycles. The standard InChI is InChI=1S/C21H23N3O6/c1-6-23(7-2)16-9-8-13-10-14(19(25)29-18(13)17(16)24(27)28)11-15(12-22)20(26)30-21(3,4)5/h8-11H,6-7H2,1-5H3. The molecule has 0 aliphatic heterocycles. The van der Waals surface area contributed by atoms with Crippen molar-refractivity contribution < 1.29 is 18.9 Å². The summed E-state index contributed by atoms with van der Waals surface area (Å²) >= 11 is 0. The molecule has 158 valence electrons. The van der Waals surface area contributed by atoms with Crippen LogP contribution in [0.4, 0.5) is 11.4 Å². The lowest BCUT2D eigenvalue weighted by atomic mass is 10.1. The molecule has 0 amide bonds. The summed E-state index contributed by atoms with van der Waals surface area (Å²) in [5, 5.41) is 21.3. The minimum absolute atomic E-state index is 0.0882. The van der Waals surface area contributed by atoms with E-state index in [0.717, 1.165) is 6.08 Å². The summed E-state index contributed by atoms with van der Waals surface area (Å²) < 4.78 is 10.4. The summed E-state index contributed by atoms with van der Waals surface area (Å²) in [5.74, 6) is -0.882. The van der Waals surface area contributed by atoms with E-state index < -0.39 is 22.1 Å². The summed E-state index contributed by atoms with van der Waals surface area (Å²) in [7, 11) is 0. The molecule has 1 heterocycles. The highest BCUT2D eigenvalue weighted by Gasteiger charge is 2.25. The first-order chi connectivity index (χ1) is 14.0. The largest absolute Gasteiger partial charge is 0.456 e. The maximum atomic E-state index is 12.5. The van der Waals surface area contributed by atoms with Crippen molar-refractivity contribution in [3.63, 3.8) is 0 Å². The third-order valence-electron chi connectivity index (χ3n) is 4.21. The van der Waals surface area contributed by atoms with Crippen LogP contribution in [0.3, 0.4) is 0 Å². The molecule has 0 bridgehead atoms. The Hall–Kier alpha value is -3.67. The lowest BCUT2D eigenvalue weighted by Crippen LogP contribution is -2.24. The zero-order valence-electron chi connectivity index (χ0n) is 17.5. The van der Waals surface area contributed by atoms with Gasteiger partial charge in [-0.1, -0.05) is 0 Å². The van der Waals surface area contributed by atoms with Gasteiger partial charge in [0.1, 0.15) is 22.9 Å². The molecular weight excluding hydrogens is 390 g/mol. The van der Waals surface area contributed by atoms with Gasteiger partial charge in [-0.15, -0.1) is 0 Å². The maximum absolute atomic E-state index is 12.5. The van der Waals surface area contributed by atoms with Crippen molar-refractivity contribution in [3.8, 4) is 6.07 Å². The van der Waals surface area contributed by atoms with Crippen molar-refractivity contribution in [2.75, 3.05) is 18.0 Å². The van der Waals surface area contributed by atoms with Crippen LogP contribution in [0.15, 0.2) is 33.0 Å². The number of nitro groups is 1. The van der Waals surface area contributed by atoms with Gasteiger partial charge >= 0.3 is 17.3 Å². The normalized spacial score (nSPS) is 11.8. The van der Waals surface area contributed by atoms with Crippen LogP contribution >= 0.6 is 0 Å². The van der Waals surface area contributed by atoms with Gasteiger partial charge < -0.3 is 14.1 Å². The highest BCUT2D eigenvalue weighted by Crippen LogP contribution is 2.35. The summed E-state index contributed by atoms with van der Waals surface area (Å²) in [4.78, 5) is 37.5. The number of benzene rings is 1. The van der Waals surface area contributed by atoms with E-state index >= 15 is 0 Å². The number of carbonyl (C=O) groups excluding carboxylic acids is 1. The van der Waals surface area contributed by atoms with Crippen LogP contribution in [0.2, 0.25) is 0 Å². The average molecular weight is 413 g/mol. The van der Waals surface area contributed by atoms with Gasteiger partial charge in [0.05, 0.1) is 10.5 Å². The second-order valence-electron chi connectivity index (χ2n) is 7.44. The first-order valence-corrected chi connectivity index (χ1v) is 9.37. The Morgan fingerprint density at radius 2 is 1.97 bits per heavy atom. The Morgan fingerprint density at radius 1 is 1.33 bits per heavy atom. The number of nitriles is 1. The molecule has 0 saturated heterocycles.